The maximum absolute atomic E-state index is 10.1. The molecule has 1 unspecified atom stereocenters. The van der Waals surface area contributed by atoms with Crippen molar-refractivity contribution in [1.29, 1.82) is 5.26 Å². The smallest absolute Gasteiger partial charge is 0.0878 e. The second kappa shape index (κ2) is 8.24. The quantitative estimate of drug-likeness (QED) is 0.881. The van der Waals surface area contributed by atoms with Gasteiger partial charge in [0.2, 0.25) is 0 Å². The molecule has 1 aliphatic heterocycles. The largest absolute Gasteiger partial charge is 0.330 e. The summed E-state index contributed by atoms with van der Waals surface area (Å²) in [5, 5.41) is 10.1. The van der Waals surface area contributed by atoms with Gasteiger partial charge in [-0.15, -0.1) is 0 Å². The Morgan fingerprint density at radius 3 is 2.52 bits per heavy atom. The molecular weight excluding hydrogens is 308 g/mol. The lowest BCUT2D eigenvalue weighted by molar-refractivity contribution is 0.139. The highest BCUT2D eigenvalue weighted by atomic mass is 15.1. The highest BCUT2D eigenvalue weighted by Gasteiger charge is 2.41. The number of pyridine rings is 1. The second-order valence-electron chi connectivity index (χ2n) is 6.90. The summed E-state index contributed by atoms with van der Waals surface area (Å²) in [6.07, 6.45) is 6.34. The van der Waals surface area contributed by atoms with Crippen LogP contribution in [0.2, 0.25) is 0 Å². The Bertz CT molecular complexity index is 687. The van der Waals surface area contributed by atoms with Gasteiger partial charge < -0.3 is 5.73 Å². The van der Waals surface area contributed by atoms with Crippen LogP contribution in [0.3, 0.4) is 0 Å². The van der Waals surface area contributed by atoms with Crippen molar-refractivity contribution in [2.45, 2.75) is 31.2 Å². The molecule has 1 fully saturated rings. The van der Waals surface area contributed by atoms with Crippen molar-refractivity contribution in [3.8, 4) is 6.07 Å². The molecule has 1 aliphatic rings. The van der Waals surface area contributed by atoms with E-state index in [0.29, 0.717) is 18.9 Å². The molecule has 25 heavy (non-hydrogen) atoms. The Hall–Kier alpha value is -2.22. The third-order valence-corrected chi connectivity index (χ3v) is 5.45. The lowest BCUT2D eigenvalue weighted by atomic mass is 9.66. The molecule has 2 N–H and O–H groups in total. The van der Waals surface area contributed by atoms with Gasteiger partial charge in [-0.1, -0.05) is 36.4 Å². The first-order valence-corrected chi connectivity index (χ1v) is 9.06. The predicted molar refractivity (Wildman–Crippen MR) is 99.6 cm³/mol. The molecule has 0 bridgehead atoms. The van der Waals surface area contributed by atoms with Gasteiger partial charge in [-0.05, 0) is 62.0 Å². The Morgan fingerprint density at radius 2 is 1.92 bits per heavy atom. The first-order chi connectivity index (χ1) is 12.3. The Morgan fingerprint density at radius 1 is 1.16 bits per heavy atom. The van der Waals surface area contributed by atoms with Crippen LogP contribution in [0.1, 0.15) is 30.4 Å². The van der Waals surface area contributed by atoms with E-state index >= 15 is 0 Å². The van der Waals surface area contributed by atoms with Gasteiger partial charge in [0, 0.05) is 18.9 Å². The molecule has 4 nitrogen and oxygen atoms in total. The van der Waals surface area contributed by atoms with Crippen LogP contribution < -0.4 is 5.73 Å². The minimum absolute atomic E-state index is 0.331. The summed E-state index contributed by atoms with van der Waals surface area (Å²) in [5.41, 5.74) is 7.74. The summed E-state index contributed by atoms with van der Waals surface area (Å²) in [6.45, 7) is 3.55. The van der Waals surface area contributed by atoms with Crippen molar-refractivity contribution in [3.63, 3.8) is 0 Å². The molecule has 0 radical (unpaired) electrons. The monoisotopic (exact) mass is 334 g/mol. The summed E-state index contributed by atoms with van der Waals surface area (Å²) in [7, 11) is 0. The molecular formula is C21H26N4. The van der Waals surface area contributed by atoms with E-state index in [1.165, 1.54) is 5.56 Å². The number of hydrogen-bond donors (Lipinski definition) is 1. The van der Waals surface area contributed by atoms with Crippen molar-refractivity contribution in [1.82, 2.24) is 9.88 Å². The molecule has 0 spiro atoms. The molecule has 1 aromatic heterocycles. The number of aromatic nitrogens is 1. The van der Waals surface area contributed by atoms with E-state index in [9.17, 15) is 5.26 Å². The third kappa shape index (κ3) is 3.89. The lowest BCUT2D eigenvalue weighted by Crippen LogP contribution is -2.43. The summed E-state index contributed by atoms with van der Waals surface area (Å²) in [5.74, 6) is 0.331. The second-order valence-corrected chi connectivity index (χ2v) is 6.90. The lowest BCUT2D eigenvalue weighted by Gasteiger charge is -2.41. The number of hydrogen-bond acceptors (Lipinski definition) is 4. The zero-order valence-corrected chi connectivity index (χ0v) is 14.6. The number of piperidine rings is 1. The van der Waals surface area contributed by atoms with Gasteiger partial charge >= 0.3 is 0 Å². The van der Waals surface area contributed by atoms with Crippen LogP contribution in [0.4, 0.5) is 0 Å². The molecule has 0 amide bonds. The van der Waals surface area contributed by atoms with Gasteiger partial charge in [0.05, 0.1) is 11.5 Å². The number of likely N-dealkylation sites (tertiary alicyclic amines) is 1. The molecule has 0 aliphatic carbocycles. The topological polar surface area (TPSA) is 65.9 Å². The van der Waals surface area contributed by atoms with E-state index in [1.807, 2.05) is 18.3 Å². The van der Waals surface area contributed by atoms with Gasteiger partial charge in [-0.25, -0.2) is 0 Å². The predicted octanol–water partition coefficient (Wildman–Crippen LogP) is 3.10. The zero-order chi connectivity index (χ0) is 17.5. The van der Waals surface area contributed by atoms with Gasteiger partial charge in [0.1, 0.15) is 0 Å². The van der Waals surface area contributed by atoms with Crippen LogP contribution in [-0.2, 0) is 12.0 Å². The van der Waals surface area contributed by atoms with E-state index < -0.39 is 5.41 Å². The number of benzene rings is 1. The minimum Gasteiger partial charge on any atom is -0.330 e. The van der Waals surface area contributed by atoms with Crippen molar-refractivity contribution in [3.05, 3.63) is 66.0 Å². The van der Waals surface area contributed by atoms with Gasteiger partial charge in [0.25, 0.3) is 0 Å². The van der Waals surface area contributed by atoms with Crippen LogP contribution in [0.15, 0.2) is 54.9 Å². The van der Waals surface area contributed by atoms with Crippen molar-refractivity contribution >= 4 is 0 Å². The molecule has 0 saturated carbocycles. The van der Waals surface area contributed by atoms with E-state index in [4.69, 9.17) is 5.73 Å². The fourth-order valence-corrected chi connectivity index (χ4v) is 4.08. The Kier molecular flexibility index (Phi) is 5.80. The van der Waals surface area contributed by atoms with Gasteiger partial charge in [-0.3, -0.25) is 9.88 Å². The molecule has 130 valence electrons. The van der Waals surface area contributed by atoms with Crippen LogP contribution in [0.5, 0.6) is 0 Å². The van der Waals surface area contributed by atoms with Gasteiger partial charge in [-0.2, -0.15) is 5.26 Å². The van der Waals surface area contributed by atoms with Crippen LogP contribution in [0, 0.1) is 17.2 Å². The highest BCUT2D eigenvalue weighted by molar-refractivity contribution is 5.32. The molecule has 3 rings (SSSR count). The number of nitriles is 1. The van der Waals surface area contributed by atoms with Crippen LogP contribution >= 0.6 is 0 Å². The standard InChI is InChI=1S/C21H26N4/c22-11-10-21(17-23,20-7-4-12-24-15-20)19-8-13-25(14-9-19)16-18-5-2-1-3-6-18/h1-7,12,15,19H,8-11,13-14,16,22H2. The number of nitrogens with two attached hydrogens (primary N) is 1. The zero-order valence-electron chi connectivity index (χ0n) is 14.6. The summed E-state index contributed by atoms with van der Waals surface area (Å²) >= 11 is 0. The average molecular weight is 334 g/mol. The van der Waals surface area contributed by atoms with Crippen LogP contribution in [0.25, 0.3) is 0 Å². The van der Waals surface area contributed by atoms with Crippen molar-refractivity contribution in [2.75, 3.05) is 19.6 Å². The minimum atomic E-state index is -0.512. The summed E-state index contributed by atoms with van der Waals surface area (Å²) in [6, 6.07) is 17.2. The highest BCUT2D eigenvalue weighted by Crippen LogP contribution is 2.40. The number of nitrogens with zero attached hydrogens (tertiary/aromatic N) is 3. The maximum Gasteiger partial charge on any atom is 0.0878 e. The molecule has 1 saturated heterocycles. The molecule has 2 heterocycles. The van der Waals surface area contributed by atoms with E-state index in [2.05, 4.69) is 46.3 Å². The average Bonchev–Trinajstić information content (AvgIpc) is 2.68. The van der Waals surface area contributed by atoms with E-state index in [1.54, 1.807) is 6.20 Å². The van der Waals surface area contributed by atoms with E-state index in [0.717, 1.165) is 38.0 Å². The normalized spacial score (nSPS) is 18.4. The third-order valence-electron chi connectivity index (χ3n) is 5.45. The summed E-state index contributed by atoms with van der Waals surface area (Å²) in [4.78, 5) is 6.73. The van der Waals surface area contributed by atoms with E-state index in [-0.39, 0.29) is 0 Å². The fourth-order valence-electron chi connectivity index (χ4n) is 4.08. The van der Waals surface area contributed by atoms with Gasteiger partial charge in [0.15, 0.2) is 0 Å². The van der Waals surface area contributed by atoms with Crippen molar-refractivity contribution < 1.29 is 0 Å². The fraction of sp³-hybridized carbons (Fsp3) is 0.429. The Balaban J connectivity index is 1.71. The van der Waals surface area contributed by atoms with Crippen molar-refractivity contribution in [2.24, 2.45) is 11.7 Å². The first kappa shape index (κ1) is 17.6. The maximum atomic E-state index is 10.1. The number of rotatable bonds is 6. The molecule has 1 aromatic carbocycles. The van der Waals surface area contributed by atoms with Crippen LogP contribution in [-0.4, -0.2) is 29.5 Å². The SMILES string of the molecule is N#CC(CCN)(c1cccnc1)C1CCN(Cc2ccccc2)CC1. The Labute approximate surface area is 150 Å². The molecule has 1 atom stereocenters. The first-order valence-electron chi connectivity index (χ1n) is 9.06. The summed E-state index contributed by atoms with van der Waals surface area (Å²) < 4.78 is 0. The molecule has 4 heteroatoms. The molecule has 2 aromatic rings.